The van der Waals surface area contributed by atoms with Crippen LogP contribution in [0, 0.1) is 0 Å². The van der Waals surface area contributed by atoms with Gasteiger partial charge in [-0.1, -0.05) is 169 Å². The fourth-order valence-electron chi connectivity index (χ4n) is 6.52. The summed E-state index contributed by atoms with van der Waals surface area (Å²) in [5.74, 6) is 0.774. The van der Waals surface area contributed by atoms with Gasteiger partial charge in [0.2, 0.25) is 0 Å². The van der Waals surface area contributed by atoms with Crippen molar-refractivity contribution in [2.75, 3.05) is 0 Å². The molecule has 6 aromatic rings. The molecule has 0 saturated carbocycles. The van der Waals surface area contributed by atoms with Crippen LogP contribution < -0.4 is 10.1 Å². The van der Waals surface area contributed by atoms with Crippen LogP contribution in [-0.4, -0.2) is 0 Å². The molecule has 2 nitrogen and oxygen atoms in total. The summed E-state index contributed by atoms with van der Waals surface area (Å²) < 4.78 is 7.17. The van der Waals surface area contributed by atoms with E-state index in [0.29, 0.717) is 5.02 Å². The molecule has 0 bridgehead atoms. The minimum absolute atomic E-state index is 0.369. The molecule has 0 spiro atoms. The van der Waals surface area contributed by atoms with Gasteiger partial charge in [0.1, 0.15) is 5.75 Å². The predicted molar refractivity (Wildman–Crippen MR) is 171 cm³/mol. The summed E-state index contributed by atoms with van der Waals surface area (Å²) in [5.41, 5.74) is 4.76. The first-order valence-electron chi connectivity index (χ1n) is 14.3. The van der Waals surface area contributed by atoms with E-state index in [1.54, 1.807) is 0 Å². The van der Waals surface area contributed by atoms with Gasteiger partial charge in [-0.2, -0.15) is 0 Å². The minimum atomic E-state index is -0.903. The van der Waals surface area contributed by atoms with E-state index in [-0.39, 0.29) is 6.04 Å². The molecule has 1 unspecified atom stereocenters. The second-order valence-electron chi connectivity index (χ2n) is 10.6. The van der Waals surface area contributed by atoms with E-state index in [9.17, 15) is 0 Å². The number of benzene rings is 6. The van der Waals surface area contributed by atoms with Gasteiger partial charge in [0.15, 0.2) is 5.60 Å². The molecule has 0 radical (unpaired) electrons. The first kappa shape index (κ1) is 26.3. The van der Waals surface area contributed by atoms with E-state index in [1.807, 2.05) is 30.3 Å². The Morgan fingerprint density at radius 3 is 1.33 bits per heavy atom. The van der Waals surface area contributed by atoms with Crippen LogP contribution in [0.2, 0.25) is 5.02 Å². The molecule has 7 rings (SSSR count). The predicted octanol–water partition coefficient (Wildman–Crippen LogP) is 9.30. The van der Waals surface area contributed by atoms with Gasteiger partial charge in [0.25, 0.3) is 0 Å². The van der Waals surface area contributed by atoms with Gasteiger partial charge >= 0.3 is 0 Å². The Morgan fingerprint density at radius 2 is 0.905 bits per heavy atom. The van der Waals surface area contributed by atoms with Crippen LogP contribution >= 0.6 is 11.6 Å². The summed E-state index contributed by atoms with van der Waals surface area (Å²) in [5, 5.41) is 4.92. The third-order valence-corrected chi connectivity index (χ3v) is 8.70. The molecule has 0 amide bonds. The van der Waals surface area contributed by atoms with E-state index in [0.717, 1.165) is 39.1 Å². The maximum atomic E-state index is 7.17. The van der Waals surface area contributed by atoms with Crippen LogP contribution in [0.5, 0.6) is 5.75 Å². The molecule has 0 fully saturated rings. The standard InChI is InChI=1S/C39H30ClNO/c40-34-27-16-28-35-36(34)37(39(42-35,32-23-12-4-13-24-32)33-25-14-5-15-26-33)41-38(29-17-6-1-7-18-29,30-19-8-2-9-20-30)31-21-10-3-11-22-31/h1-28,37,41H. The largest absolute Gasteiger partial charge is 0.475 e. The van der Waals surface area contributed by atoms with Crippen molar-refractivity contribution in [2.45, 2.75) is 17.2 Å². The summed E-state index contributed by atoms with van der Waals surface area (Å²) in [4.78, 5) is 0. The fraction of sp³-hybridized carbons (Fsp3) is 0.0769. The topological polar surface area (TPSA) is 21.3 Å². The molecular weight excluding hydrogens is 534 g/mol. The zero-order valence-electron chi connectivity index (χ0n) is 23.0. The van der Waals surface area contributed by atoms with Crippen LogP contribution in [-0.2, 0) is 11.1 Å². The van der Waals surface area contributed by atoms with Gasteiger partial charge in [-0.3, -0.25) is 5.32 Å². The van der Waals surface area contributed by atoms with Gasteiger partial charge in [-0.05, 0) is 28.8 Å². The van der Waals surface area contributed by atoms with Crippen LogP contribution in [0.15, 0.2) is 170 Å². The second-order valence-corrected chi connectivity index (χ2v) is 11.1. The first-order valence-corrected chi connectivity index (χ1v) is 14.6. The molecule has 0 aromatic heterocycles. The number of rotatable bonds is 7. The fourth-order valence-corrected chi connectivity index (χ4v) is 6.79. The molecule has 1 aliphatic heterocycles. The summed E-state index contributed by atoms with van der Waals surface area (Å²) in [6.45, 7) is 0. The molecule has 1 N–H and O–H groups in total. The zero-order chi connectivity index (χ0) is 28.4. The lowest BCUT2D eigenvalue weighted by molar-refractivity contribution is 0.0873. The van der Waals surface area contributed by atoms with E-state index < -0.39 is 11.1 Å². The Balaban J connectivity index is 1.57. The van der Waals surface area contributed by atoms with Gasteiger partial charge < -0.3 is 4.74 Å². The molecule has 1 atom stereocenters. The quantitative estimate of drug-likeness (QED) is 0.195. The number of ether oxygens (including phenoxy) is 1. The molecule has 0 aliphatic carbocycles. The Bertz CT molecular complexity index is 1640. The van der Waals surface area contributed by atoms with Crippen molar-refractivity contribution >= 4 is 11.6 Å². The van der Waals surface area contributed by atoms with Crippen LogP contribution in [0.4, 0.5) is 0 Å². The van der Waals surface area contributed by atoms with Gasteiger partial charge in [0.05, 0.1) is 11.6 Å². The molecule has 0 saturated heterocycles. The molecule has 42 heavy (non-hydrogen) atoms. The maximum absolute atomic E-state index is 7.17. The van der Waals surface area contributed by atoms with Gasteiger partial charge in [-0.25, -0.2) is 0 Å². The van der Waals surface area contributed by atoms with E-state index in [2.05, 4.69) is 145 Å². The van der Waals surface area contributed by atoms with Gasteiger partial charge in [-0.15, -0.1) is 0 Å². The van der Waals surface area contributed by atoms with Crippen LogP contribution in [0.3, 0.4) is 0 Å². The number of hydrogen-bond donors (Lipinski definition) is 1. The lowest BCUT2D eigenvalue weighted by Gasteiger charge is -2.44. The lowest BCUT2D eigenvalue weighted by Crippen LogP contribution is -2.53. The number of fused-ring (bicyclic) bond motifs is 1. The highest BCUT2D eigenvalue weighted by atomic mass is 35.5. The highest BCUT2D eigenvalue weighted by Crippen LogP contribution is 2.56. The third kappa shape index (κ3) is 4.23. The monoisotopic (exact) mass is 563 g/mol. The third-order valence-electron chi connectivity index (χ3n) is 8.37. The summed E-state index contributed by atoms with van der Waals surface area (Å²) in [6.07, 6.45) is 0. The Morgan fingerprint density at radius 1 is 0.500 bits per heavy atom. The van der Waals surface area contributed by atoms with Gasteiger partial charge in [0, 0.05) is 21.7 Å². The second kappa shape index (κ2) is 11.0. The smallest absolute Gasteiger partial charge is 0.179 e. The molecule has 204 valence electrons. The van der Waals surface area contributed by atoms with E-state index in [1.165, 1.54) is 0 Å². The van der Waals surface area contributed by atoms with E-state index in [4.69, 9.17) is 16.3 Å². The Hall–Kier alpha value is -4.63. The molecule has 1 heterocycles. The summed E-state index contributed by atoms with van der Waals surface area (Å²) in [7, 11) is 0. The molecule has 6 aromatic carbocycles. The number of halogens is 1. The number of nitrogens with one attached hydrogen (secondary N) is 1. The number of hydrogen-bond acceptors (Lipinski definition) is 2. The molecule has 3 heteroatoms. The van der Waals surface area contributed by atoms with Crippen molar-refractivity contribution in [3.05, 3.63) is 208 Å². The lowest BCUT2D eigenvalue weighted by atomic mass is 9.72. The van der Waals surface area contributed by atoms with E-state index >= 15 is 0 Å². The molecular formula is C39H30ClNO. The zero-order valence-corrected chi connectivity index (χ0v) is 23.8. The average Bonchev–Trinajstić information content (AvgIpc) is 3.41. The maximum Gasteiger partial charge on any atom is 0.179 e. The minimum Gasteiger partial charge on any atom is -0.475 e. The van der Waals surface area contributed by atoms with Crippen LogP contribution in [0.25, 0.3) is 0 Å². The summed E-state index contributed by atoms with van der Waals surface area (Å²) in [6, 6.07) is 58.5. The van der Waals surface area contributed by atoms with Crippen molar-refractivity contribution in [1.82, 2.24) is 5.32 Å². The van der Waals surface area contributed by atoms with Crippen molar-refractivity contribution in [3.63, 3.8) is 0 Å². The van der Waals surface area contributed by atoms with Crippen molar-refractivity contribution in [1.29, 1.82) is 0 Å². The first-order chi connectivity index (χ1) is 20.7. The van der Waals surface area contributed by atoms with Crippen molar-refractivity contribution < 1.29 is 4.74 Å². The normalized spacial score (nSPS) is 15.5. The van der Waals surface area contributed by atoms with Crippen LogP contribution in [0.1, 0.15) is 39.4 Å². The Kier molecular flexibility index (Phi) is 6.87. The highest BCUT2D eigenvalue weighted by molar-refractivity contribution is 6.31. The summed E-state index contributed by atoms with van der Waals surface area (Å²) >= 11 is 7.11. The average molecular weight is 564 g/mol. The Labute approximate surface area is 252 Å². The molecule has 1 aliphatic rings. The SMILES string of the molecule is Clc1cccc2c1C(NC(c1ccccc1)(c1ccccc1)c1ccccc1)C(c1ccccc1)(c1ccccc1)O2. The van der Waals surface area contributed by atoms with Crippen molar-refractivity contribution in [3.8, 4) is 5.75 Å². The van der Waals surface area contributed by atoms with Crippen molar-refractivity contribution in [2.24, 2.45) is 0 Å². The highest BCUT2D eigenvalue weighted by Gasteiger charge is 2.55.